The Labute approximate surface area is 196 Å². The zero-order valence-corrected chi connectivity index (χ0v) is 19.6. The van der Waals surface area contributed by atoms with Crippen molar-refractivity contribution in [1.29, 1.82) is 0 Å². The number of nitrogens with one attached hydrogen (secondary N) is 3. The van der Waals surface area contributed by atoms with Crippen molar-refractivity contribution in [2.45, 2.75) is 19.9 Å². The third-order valence-corrected chi connectivity index (χ3v) is 4.25. The predicted molar refractivity (Wildman–Crippen MR) is 129 cm³/mol. The van der Waals surface area contributed by atoms with Gasteiger partial charge in [-0.2, -0.15) is 0 Å². The number of aryl methyl sites for hydroxylation is 1. The SMILES string of the molecule is COc1cc(CNCCCNCCO)ccc1OCC(=O)Nc1ccc(C)cc1.Cl.Cl. The lowest BCUT2D eigenvalue weighted by atomic mass is 10.2. The molecule has 7 nitrogen and oxygen atoms in total. The third kappa shape index (κ3) is 11.2. The lowest BCUT2D eigenvalue weighted by Crippen LogP contribution is -2.23. The molecule has 0 fully saturated rings. The smallest absolute Gasteiger partial charge is 0.262 e. The van der Waals surface area contributed by atoms with E-state index in [4.69, 9.17) is 14.6 Å². The van der Waals surface area contributed by atoms with E-state index in [1.165, 1.54) is 0 Å². The van der Waals surface area contributed by atoms with Crippen LogP contribution >= 0.6 is 24.8 Å². The Morgan fingerprint density at radius 3 is 2.35 bits per heavy atom. The Balaban J connectivity index is 0.00000450. The summed E-state index contributed by atoms with van der Waals surface area (Å²) in [5.41, 5.74) is 2.95. The second-order valence-electron chi connectivity index (χ2n) is 6.69. The van der Waals surface area contributed by atoms with Crippen molar-refractivity contribution in [2.24, 2.45) is 0 Å². The number of amides is 1. The van der Waals surface area contributed by atoms with Crippen molar-refractivity contribution in [3.05, 3.63) is 53.6 Å². The summed E-state index contributed by atoms with van der Waals surface area (Å²) in [5, 5.41) is 18.0. The molecular formula is C22H33Cl2N3O4. The number of carbonyl (C=O) groups is 1. The van der Waals surface area contributed by atoms with E-state index in [1.54, 1.807) is 7.11 Å². The van der Waals surface area contributed by atoms with Crippen LogP contribution < -0.4 is 25.4 Å². The largest absolute Gasteiger partial charge is 0.493 e. The highest BCUT2D eigenvalue weighted by Gasteiger charge is 2.09. The van der Waals surface area contributed by atoms with E-state index in [0.29, 0.717) is 24.6 Å². The molecule has 174 valence electrons. The molecule has 0 spiro atoms. The van der Waals surface area contributed by atoms with Crippen LogP contribution in [-0.2, 0) is 11.3 Å². The molecule has 2 rings (SSSR count). The summed E-state index contributed by atoms with van der Waals surface area (Å²) in [6, 6.07) is 13.3. The van der Waals surface area contributed by atoms with Gasteiger partial charge in [-0.25, -0.2) is 0 Å². The molecule has 9 heteroatoms. The molecule has 0 aromatic heterocycles. The average molecular weight is 474 g/mol. The number of methoxy groups -OCH3 is 1. The fourth-order valence-corrected chi connectivity index (χ4v) is 2.69. The number of halogens is 2. The molecule has 31 heavy (non-hydrogen) atoms. The van der Waals surface area contributed by atoms with Gasteiger partial charge in [0, 0.05) is 18.8 Å². The van der Waals surface area contributed by atoms with E-state index >= 15 is 0 Å². The van der Waals surface area contributed by atoms with Crippen molar-refractivity contribution in [1.82, 2.24) is 10.6 Å². The Morgan fingerprint density at radius 2 is 1.68 bits per heavy atom. The fourth-order valence-electron chi connectivity index (χ4n) is 2.69. The summed E-state index contributed by atoms with van der Waals surface area (Å²) < 4.78 is 11.0. The molecule has 0 aliphatic heterocycles. The van der Waals surface area contributed by atoms with Crippen LogP contribution in [0.5, 0.6) is 11.5 Å². The van der Waals surface area contributed by atoms with E-state index in [2.05, 4.69) is 16.0 Å². The summed E-state index contributed by atoms with van der Waals surface area (Å²) in [6.45, 7) is 5.15. The molecule has 0 saturated carbocycles. The number of anilines is 1. The number of rotatable bonds is 13. The predicted octanol–water partition coefficient (Wildman–Crippen LogP) is 2.93. The minimum absolute atomic E-state index is 0. The van der Waals surface area contributed by atoms with Gasteiger partial charge >= 0.3 is 0 Å². The maximum atomic E-state index is 12.1. The minimum atomic E-state index is -0.226. The molecule has 0 heterocycles. The summed E-state index contributed by atoms with van der Waals surface area (Å²) in [4.78, 5) is 12.1. The van der Waals surface area contributed by atoms with Crippen molar-refractivity contribution < 1.29 is 19.4 Å². The van der Waals surface area contributed by atoms with E-state index in [1.807, 2.05) is 49.4 Å². The van der Waals surface area contributed by atoms with Gasteiger partial charge in [-0.3, -0.25) is 4.79 Å². The minimum Gasteiger partial charge on any atom is -0.493 e. The Hall–Kier alpha value is -2.03. The molecule has 2 aromatic carbocycles. The monoisotopic (exact) mass is 473 g/mol. The van der Waals surface area contributed by atoms with Crippen LogP contribution in [0.25, 0.3) is 0 Å². The number of hydrogen-bond donors (Lipinski definition) is 4. The van der Waals surface area contributed by atoms with E-state index < -0.39 is 0 Å². The van der Waals surface area contributed by atoms with Gasteiger partial charge in [0.25, 0.3) is 5.91 Å². The van der Waals surface area contributed by atoms with Gasteiger partial charge in [-0.05, 0) is 56.3 Å². The first kappa shape index (κ1) is 29.0. The van der Waals surface area contributed by atoms with Crippen molar-refractivity contribution in [3.63, 3.8) is 0 Å². The van der Waals surface area contributed by atoms with Gasteiger partial charge in [0.2, 0.25) is 0 Å². The zero-order chi connectivity index (χ0) is 20.9. The van der Waals surface area contributed by atoms with Crippen LogP contribution in [0.1, 0.15) is 17.5 Å². The topological polar surface area (TPSA) is 91.8 Å². The van der Waals surface area contributed by atoms with Gasteiger partial charge in [0.15, 0.2) is 18.1 Å². The van der Waals surface area contributed by atoms with Gasteiger partial charge in [0.1, 0.15) is 0 Å². The molecule has 0 atom stereocenters. The molecular weight excluding hydrogens is 441 g/mol. The Morgan fingerprint density at radius 1 is 0.968 bits per heavy atom. The van der Waals surface area contributed by atoms with Crippen LogP contribution in [0.2, 0.25) is 0 Å². The van der Waals surface area contributed by atoms with Gasteiger partial charge in [0.05, 0.1) is 13.7 Å². The van der Waals surface area contributed by atoms with Crippen LogP contribution in [0.3, 0.4) is 0 Å². The molecule has 4 N–H and O–H groups in total. The molecule has 0 unspecified atom stereocenters. The van der Waals surface area contributed by atoms with Gasteiger partial charge in [-0.1, -0.05) is 23.8 Å². The summed E-state index contributed by atoms with van der Waals surface area (Å²) in [7, 11) is 1.58. The van der Waals surface area contributed by atoms with Crippen molar-refractivity contribution >= 4 is 36.4 Å². The summed E-state index contributed by atoms with van der Waals surface area (Å²) >= 11 is 0. The third-order valence-electron chi connectivity index (χ3n) is 4.25. The maximum Gasteiger partial charge on any atom is 0.262 e. The van der Waals surface area contributed by atoms with Crippen LogP contribution in [0.15, 0.2) is 42.5 Å². The molecule has 0 radical (unpaired) electrons. The van der Waals surface area contributed by atoms with Crippen LogP contribution in [-0.4, -0.2) is 51.0 Å². The average Bonchev–Trinajstić information content (AvgIpc) is 2.73. The first-order chi connectivity index (χ1) is 14.1. The molecule has 0 aliphatic rings. The number of carbonyl (C=O) groups excluding carboxylic acids is 1. The van der Waals surface area contributed by atoms with Crippen LogP contribution in [0, 0.1) is 6.92 Å². The standard InChI is InChI=1S/C22H31N3O4.2ClH/c1-17-4-7-19(8-5-17)25-22(27)16-29-20-9-6-18(14-21(20)28-2)15-24-11-3-10-23-12-13-26;;/h4-9,14,23-24,26H,3,10-13,15-16H2,1-2H3,(H,25,27);2*1H. The molecule has 0 aliphatic carbocycles. The Kier molecular flexibility index (Phi) is 15.5. The van der Waals surface area contributed by atoms with Crippen molar-refractivity contribution in [3.8, 4) is 11.5 Å². The van der Waals surface area contributed by atoms with Crippen molar-refractivity contribution in [2.75, 3.05) is 45.3 Å². The maximum absolute atomic E-state index is 12.1. The first-order valence-electron chi connectivity index (χ1n) is 9.81. The highest BCUT2D eigenvalue weighted by Crippen LogP contribution is 2.28. The van der Waals surface area contributed by atoms with E-state index in [-0.39, 0.29) is 43.9 Å². The number of benzene rings is 2. The second-order valence-corrected chi connectivity index (χ2v) is 6.69. The van der Waals surface area contributed by atoms with E-state index in [9.17, 15) is 4.79 Å². The number of aliphatic hydroxyl groups is 1. The summed E-state index contributed by atoms with van der Waals surface area (Å²) in [6.07, 6.45) is 0.981. The number of aliphatic hydroxyl groups excluding tert-OH is 1. The quantitative estimate of drug-likeness (QED) is 0.334. The van der Waals surface area contributed by atoms with Crippen LogP contribution in [0.4, 0.5) is 5.69 Å². The van der Waals surface area contributed by atoms with Gasteiger partial charge in [-0.15, -0.1) is 24.8 Å². The second kappa shape index (κ2) is 16.6. The Bertz CT molecular complexity index is 761. The fraction of sp³-hybridized carbons (Fsp3) is 0.409. The lowest BCUT2D eigenvalue weighted by Gasteiger charge is -2.13. The molecule has 1 amide bonds. The highest BCUT2D eigenvalue weighted by atomic mass is 35.5. The normalized spacial score (nSPS) is 9.90. The molecule has 0 saturated heterocycles. The molecule has 0 bridgehead atoms. The zero-order valence-electron chi connectivity index (χ0n) is 18.0. The highest BCUT2D eigenvalue weighted by molar-refractivity contribution is 5.91. The summed E-state index contributed by atoms with van der Waals surface area (Å²) in [5.74, 6) is 0.900. The van der Waals surface area contributed by atoms with Gasteiger partial charge < -0.3 is 30.5 Å². The molecule has 2 aromatic rings. The lowest BCUT2D eigenvalue weighted by molar-refractivity contribution is -0.118. The van der Waals surface area contributed by atoms with E-state index in [0.717, 1.165) is 36.3 Å². The first-order valence-corrected chi connectivity index (χ1v) is 9.81. The number of ether oxygens (including phenoxy) is 2. The number of hydrogen-bond acceptors (Lipinski definition) is 6.